The SMILES string of the molecule is COc1cccc2[nH]c(C)c(CC(C)N)c12. The van der Waals surface area contributed by atoms with Crippen molar-refractivity contribution in [3.63, 3.8) is 0 Å². The zero-order valence-electron chi connectivity index (χ0n) is 10.0. The van der Waals surface area contributed by atoms with Crippen LogP contribution >= 0.6 is 0 Å². The highest BCUT2D eigenvalue weighted by atomic mass is 16.5. The fourth-order valence-corrected chi connectivity index (χ4v) is 2.16. The maximum atomic E-state index is 5.88. The number of aromatic nitrogens is 1. The van der Waals surface area contributed by atoms with E-state index >= 15 is 0 Å². The third-order valence-electron chi connectivity index (χ3n) is 2.85. The van der Waals surface area contributed by atoms with Crippen LogP contribution in [0.4, 0.5) is 0 Å². The van der Waals surface area contributed by atoms with Crippen molar-refractivity contribution in [2.24, 2.45) is 5.73 Å². The number of fused-ring (bicyclic) bond motifs is 1. The van der Waals surface area contributed by atoms with Crippen molar-refractivity contribution in [1.29, 1.82) is 0 Å². The van der Waals surface area contributed by atoms with E-state index in [1.54, 1.807) is 7.11 Å². The molecule has 1 unspecified atom stereocenters. The molecule has 3 N–H and O–H groups in total. The van der Waals surface area contributed by atoms with Crippen molar-refractivity contribution in [1.82, 2.24) is 4.98 Å². The molecule has 0 radical (unpaired) electrons. The minimum absolute atomic E-state index is 0.155. The van der Waals surface area contributed by atoms with Crippen LogP contribution in [-0.2, 0) is 6.42 Å². The van der Waals surface area contributed by atoms with Gasteiger partial charge >= 0.3 is 0 Å². The molecule has 1 aromatic carbocycles. The Labute approximate surface area is 95.6 Å². The van der Waals surface area contributed by atoms with Crippen LogP contribution in [0.5, 0.6) is 5.75 Å². The summed E-state index contributed by atoms with van der Waals surface area (Å²) in [6.45, 7) is 4.10. The molecular weight excluding hydrogens is 200 g/mol. The molecule has 2 rings (SSSR count). The molecule has 1 heterocycles. The lowest BCUT2D eigenvalue weighted by molar-refractivity contribution is 0.419. The van der Waals surface area contributed by atoms with E-state index in [-0.39, 0.29) is 6.04 Å². The van der Waals surface area contributed by atoms with Crippen molar-refractivity contribution in [2.75, 3.05) is 7.11 Å². The lowest BCUT2D eigenvalue weighted by atomic mass is 10.0. The van der Waals surface area contributed by atoms with Gasteiger partial charge in [-0.2, -0.15) is 0 Å². The van der Waals surface area contributed by atoms with Crippen molar-refractivity contribution < 1.29 is 4.74 Å². The van der Waals surface area contributed by atoms with Gasteiger partial charge in [0.25, 0.3) is 0 Å². The van der Waals surface area contributed by atoms with Gasteiger partial charge in [0.1, 0.15) is 5.75 Å². The number of H-pyrrole nitrogens is 1. The fourth-order valence-electron chi connectivity index (χ4n) is 2.16. The van der Waals surface area contributed by atoms with E-state index in [9.17, 15) is 0 Å². The first-order chi connectivity index (χ1) is 7.63. The average molecular weight is 218 g/mol. The van der Waals surface area contributed by atoms with Crippen molar-refractivity contribution >= 4 is 10.9 Å². The van der Waals surface area contributed by atoms with Crippen LogP contribution in [0, 0.1) is 6.92 Å². The Morgan fingerprint density at radius 2 is 2.19 bits per heavy atom. The summed E-state index contributed by atoms with van der Waals surface area (Å²) < 4.78 is 5.40. The number of aryl methyl sites for hydroxylation is 1. The third-order valence-corrected chi connectivity index (χ3v) is 2.85. The zero-order chi connectivity index (χ0) is 11.7. The maximum absolute atomic E-state index is 5.88. The molecule has 16 heavy (non-hydrogen) atoms. The van der Waals surface area contributed by atoms with Crippen LogP contribution in [0.1, 0.15) is 18.2 Å². The molecule has 1 aromatic heterocycles. The molecule has 1 atom stereocenters. The Kier molecular flexibility index (Phi) is 2.88. The Hall–Kier alpha value is -1.48. The summed E-state index contributed by atoms with van der Waals surface area (Å²) in [7, 11) is 1.70. The Morgan fingerprint density at radius 1 is 1.44 bits per heavy atom. The number of rotatable bonds is 3. The number of methoxy groups -OCH3 is 1. The second-order valence-corrected chi connectivity index (χ2v) is 4.29. The van der Waals surface area contributed by atoms with Gasteiger partial charge in [-0.3, -0.25) is 0 Å². The molecule has 86 valence electrons. The molecule has 0 saturated heterocycles. The van der Waals surface area contributed by atoms with Gasteiger partial charge in [0.2, 0.25) is 0 Å². The standard InChI is InChI=1S/C13H18N2O/c1-8(14)7-10-9(2)15-11-5-4-6-12(16-3)13(10)11/h4-6,8,15H,7,14H2,1-3H3. The summed E-state index contributed by atoms with van der Waals surface area (Å²) in [6, 6.07) is 6.20. The van der Waals surface area contributed by atoms with Gasteiger partial charge in [-0.15, -0.1) is 0 Å². The number of benzene rings is 1. The Bertz CT molecular complexity index is 500. The predicted molar refractivity (Wildman–Crippen MR) is 66.9 cm³/mol. The van der Waals surface area contributed by atoms with E-state index in [0.717, 1.165) is 17.7 Å². The van der Waals surface area contributed by atoms with Gasteiger partial charge in [0, 0.05) is 22.6 Å². The van der Waals surface area contributed by atoms with Gasteiger partial charge in [0.05, 0.1) is 7.11 Å². The molecule has 0 spiro atoms. The van der Waals surface area contributed by atoms with Crippen LogP contribution in [0.2, 0.25) is 0 Å². The Morgan fingerprint density at radius 3 is 2.81 bits per heavy atom. The summed E-state index contributed by atoms with van der Waals surface area (Å²) in [6.07, 6.45) is 0.867. The van der Waals surface area contributed by atoms with Crippen LogP contribution in [0.15, 0.2) is 18.2 Å². The molecule has 0 aliphatic carbocycles. The maximum Gasteiger partial charge on any atom is 0.128 e. The summed E-state index contributed by atoms with van der Waals surface area (Å²) in [5, 5.41) is 1.17. The molecule has 0 amide bonds. The normalized spacial score (nSPS) is 13.0. The quantitative estimate of drug-likeness (QED) is 0.831. The van der Waals surface area contributed by atoms with E-state index in [2.05, 4.69) is 18.0 Å². The van der Waals surface area contributed by atoms with Gasteiger partial charge in [-0.1, -0.05) is 6.07 Å². The van der Waals surface area contributed by atoms with Crippen LogP contribution in [0.3, 0.4) is 0 Å². The van der Waals surface area contributed by atoms with Crippen molar-refractivity contribution in [3.05, 3.63) is 29.5 Å². The first-order valence-corrected chi connectivity index (χ1v) is 5.53. The molecule has 2 aromatic rings. The number of hydrogen-bond donors (Lipinski definition) is 2. The summed E-state index contributed by atoms with van der Waals surface area (Å²) >= 11 is 0. The van der Waals surface area contributed by atoms with E-state index in [4.69, 9.17) is 10.5 Å². The number of nitrogens with one attached hydrogen (secondary N) is 1. The summed E-state index contributed by atoms with van der Waals surface area (Å²) in [5.74, 6) is 0.914. The van der Waals surface area contributed by atoms with Gasteiger partial charge < -0.3 is 15.5 Å². The van der Waals surface area contributed by atoms with E-state index in [1.165, 1.54) is 16.6 Å². The molecule has 0 aliphatic heterocycles. The molecule has 3 heteroatoms. The lowest BCUT2D eigenvalue weighted by Gasteiger charge is -2.07. The predicted octanol–water partition coefficient (Wildman–Crippen LogP) is 2.37. The van der Waals surface area contributed by atoms with Gasteiger partial charge in [-0.05, 0) is 38.0 Å². The number of nitrogens with two attached hydrogens (primary N) is 1. The van der Waals surface area contributed by atoms with Crippen LogP contribution < -0.4 is 10.5 Å². The topological polar surface area (TPSA) is 51.0 Å². The number of ether oxygens (including phenoxy) is 1. The first-order valence-electron chi connectivity index (χ1n) is 5.53. The lowest BCUT2D eigenvalue weighted by Crippen LogP contribution is -2.18. The van der Waals surface area contributed by atoms with E-state index in [0.29, 0.717) is 0 Å². The number of hydrogen-bond acceptors (Lipinski definition) is 2. The third kappa shape index (κ3) is 1.78. The minimum atomic E-state index is 0.155. The minimum Gasteiger partial charge on any atom is -0.496 e. The largest absolute Gasteiger partial charge is 0.496 e. The van der Waals surface area contributed by atoms with Crippen molar-refractivity contribution in [2.45, 2.75) is 26.3 Å². The molecule has 0 saturated carbocycles. The smallest absolute Gasteiger partial charge is 0.128 e. The van der Waals surface area contributed by atoms with Crippen molar-refractivity contribution in [3.8, 4) is 5.75 Å². The molecule has 0 bridgehead atoms. The average Bonchev–Trinajstić information content (AvgIpc) is 2.54. The number of aromatic amines is 1. The highest BCUT2D eigenvalue weighted by Gasteiger charge is 2.13. The summed E-state index contributed by atoms with van der Waals surface area (Å²) in [4.78, 5) is 3.37. The molecule has 3 nitrogen and oxygen atoms in total. The van der Waals surface area contributed by atoms with Crippen LogP contribution in [0.25, 0.3) is 10.9 Å². The second-order valence-electron chi connectivity index (χ2n) is 4.29. The molecular formula is C13H18N2O. The molecule has 0 aliphatic rings. The second kappa shape index (κ2) is 4.18. The highest BCUT2D eigenvalue weighted by molar-refractivity contribution is 5.90. The fraction of sp³-hybridized carbons (Fsp3) is 0.385. The van der Waals surface area contributed by atoms with Gasteiger partial charge in [-0.25, -0.2) is 0 Å². The summed E-state index contributed by atoms with van der Waals surface area (Å²) in [5.41, 5.74) is 9.44. The highest BCUT2D eigenvalue weighted by Crippen LogP contribution is 2.31. The molecule has 0 fully saturated rings. The monoisotopic (exact) mass is 218 g/mol. The van der Waals surface area contributed by atoms with Crippen LogP contribution in [-0.4, -0.2) is 18.1 Å². The van der Waals surface area contributed by atoms with E-state index in [1.807, 2.05) is 19.1 Å². The first kappa shape index (κ1) is 11.0. The van der Waals surface area contributed by atoms with E-state index < -0.39 is 0 Å². The Balaban J connectivity index is 2.65. The zero-order valence-corrected chi connectivity index (χ0v) is 10.0. The van der Waals surface area contributed by atoms with Gasteiger partial charge in [0.15, 0.2) is 0 Å².